The highest BCUT2D eigenvalue weighted by Gasteiger charge is 2.14. The minimum atomic E-state index is -1.08. The zero-order chi connectivity index (χ0) is 17.0. The van der Waals surface area contributed by atoms with Gasteiger partial charge in [0, 0.05) is 25.9 Å². The van der Waals surface area contributed by atoms with Gasteiger partial charge in [-0.2, -0.15) is 0 Å². The number of aromatic amines is 1. The van der Waals surface area contributed by atoms with Gasteiger partial charge in [-0.15, -0.1) is 0 Å². The fourth-order valence-corrected chi connectivity index (χ4v) is 2.09. The molecule has 0 saturated carbocycles. The van der Waals surface area contributed by atoms with Gasteiger partial charge in [0.2, 0.25) is 5.91 Å². The summed E-state index contributed by atoms with van der Waals surface area (Å²) in [5.41, 5.74) is 1.21. The van der Waals surface area contributed by atoms with Crippen LogP contribution < -0.4 is 10.6 Å². The monoisotopic (exact) mass is 318 g/mol. The molecule has 2 heterocycles. The maximum Gasteiger partial charge on any atom is 0.352 e. The van der Waals surface area contributed by atoms with Crippen LogP contribution in [0.25, 0.3) is 0 Å². The van der Waals surface area contributed by atoms with E-state index >= 15 is 0 Å². The number of amides is 2. The first-order valence-corrected chi connectivity index (χ1v) is 7.10. The predicted molar refractivity (Wildman–Crippen MR) is 84.7 cm³/mol. The Morgan fingerprint density at radius 3 is 2.57 bits per heavy atom. The maximum atomic E-state index is 12.1. The average Bonchev–Trinajstić information content (AvgIpc) is 3.06. The fraction of sp³-hybridized carbons (Fsp3) is 0.267. The van der Waals surface area contributed by atoms with Crippen LogP contribution in [0.2, 0.25) is 0 Å². The third-order valence-electron chi connectivity index (χ3n) is 3.17. The molecule has 2 amide bonds. The normalized spacial score (nSPS) is 10.3. The molecule has 23 heavy (non-hydrogen) atoms. The van der Waals surface area contributed by atoms with Crippen molar-refractivity contribution in [2.75, 3.05) is 10.6 Å². The van der Waals surface area contributed by atoms with Gasteiger partial charge in [0.25, 0.3) is 5.91 Å². The number of carboxylic acids is 1. The van der Waals surface area contributed by atoms with Crippen molar-refractivity contribution in [1.82, 2.24) is 9.55 Å². The maximum absolute atomic E-state index is 12.1. The SMILES string of the molecule is CCCC(=O)Nc1c[nH]c(C(=O)Nc2cc(C(=O)O)n(C)c2)c1. The summed E-state index contributed by atoms with van der Waals surface area (Å²) in [7, 11) is 1.58. The number of carbonyl (C=O) groups excluding carboxylic acids is 2. The Kier molecular flexibility index (Phi) is 4.85. The zero-order valence-corrected chi connectivity index (χ0v) is 12.8. The van der Waals surface area contributed by atoms with Gasteiger partial charge in [-0.3, -0.25) is 9.59 Å². The topological polar surface area (TPSA) is 116 Å². The van der Waals surface area contributed by atoms with Crippen molar-refractivity contribution in [2.24, 2.45) is 7.05 Å². The molecule has 0 aliphatic carbocycles. The van der Waals surface area contributed by atoms with Crippen LogP contribution in [0, 0.1) is 0 Å². The van der Waals surface area contributed by atoms with E-state index < -0.39 is 11.9 Å². The van der Waals surface area contributed by atoms with Crippen molar-refractivity contribution in [1.29, 1.82) is 0 Å². The number of nitrogens with zero attached hydrogens (tertiary/aromatic N) is 1. The lowest BCUT2D eigenvalue weighted by Gasteiger charge is -2.00. The third kappa shape index (κ3) is 4.00. The highest BCUT2D eigenvalue weighted by atomic mass is 16.4. The number of aromatic carboxylic acids is 1. The second-order valence-electron chi connectivity index (χ2n) is 5.08. The van der Waals surface area contributed by atoms with Crippen molar-refractivity contribution in [3.63, 3.8) is 0 Å². The van der Waals surface area contributed by atoms with Gasteiger partial charge >= 0.3 is 5.97 Å². The summed E-state index contributed by atoms with van der Waals surface area (Å²) in [6, 6.07) is 2.89. The molecule has 122 valence electrons. The Bertz CT molecular complexity index is 744. The number of carboxylic acid groups (broad SMARTS) is 1. The first-order valence-electron chi connectivity index (χ1n) is 7.10. The van der Waals surface area contributed by atoms with E-state index in [-0.39, 0.29) is 17.3 Å². The number of H-pyrrole nitrogens is 1. The van der Waals surface area contributed by atoms with Gasteiger partial charge in [-0.25, -0.2) is 4.79 Å². The third-order valence-corrected chi connectivity index (χ3v) is 3.17. The quantitative estimate of drug-likeness (QED) is 0.652. The van der Waals surface area contributed by atoms with E-state index in [0.717, 1.165) is 6.42 Å². The highest BCUT2D eigenvalue weighted by Crippen LogP contribution is 2.16. The van der Waals surface area contributed by atoms with Gasteiger partial charge in [-0.1, -0.05) is 6.92 Å². The fourth-order valence-electron chi connectivity index (χ4n) is 2.09. The van der Waals surface area contributed by atoms with Crippen molar-refractivity contribution in [3.05, 3.63) is 35.9 Å². The van der Waals surface area contributed by atoms with Crippen LogP contribution >= 0.6 is 0 Å². The molecule has 0 bridgehead atoms. The van der Waals surface area contributed by atoms with E-state index in [2.05, 4.69) is 15.6 Å². The van der Waals surface area contributed by atoms with Crippen molar-refractivity contribution < 1.29 is 19.5 Å². The molecule has 0 aromatic carbocycles. The molecule has 2 aromatic heterocycles. The number of rotatable bonds is 6. The van der Waals surface area contributed by atoms with E-state index in [1.165, 1.54) is 29.1 Å². The van der Waals surface area contributed by atoms with Crippen LogP contribution in [0.1, 0.15) is 40.7 Å². The van der Waals surface area contributed by atoms with Crippen LogP contribution in [-0.2, 0) is 11.8 Å². The summed E-state index contributed by atoms with van der Waals surface area (Å²) >= 11 is 0. The Morgan fingerprint density at radius 1 is 1.22 bits per heavy atom. The number of aromatic nitrogens is 2. The lowest BCUT2D eigenvalue weighted by Crippen LogP contribution is -2.12. The van der Waals surface area contributed by atoms with Crippen molar-refractivity contribution in [3.8, 4) is 0 Å². The summed E-state index contributed by atoms with van der Waals surface area (Å²) in [6.07, 6.45) is 4.18. The van der Waals surface area contributed by atoms with Gasteiger partial charge < -0.3 is 25.3 Å². The smallest absolute Gasteiger partial charge is 0.352 e. The van der Waals surface area contributed by atoms with Crippen LogP contribution in [0.4, 0.5) is 11.4 Å². The molecule has 0 aliphatic rings. The van der Waals surface area contributed by atoms with Gasteiger partial charge in [0.1, 0.15) is 11.4 Å². The van der Waals surface area contributed by atoms with Crippen LogP contribution in [0.5, 0.6) is 0 Å². The summed E-state index contributed by atoms with van der Waals surface area (Å²) in [5, 5.41) is 14.3. The molecule has 8 heteroatoms. The predicted octanol–water partition coefficient (Wildman–Crippen LogP) is 2.04. The summed E-state index contributed by atoms with van der Waals surface area (Å²) < 4.78 is 1.41. The lowest BCUT2D eigenvalue weighted by molar-refractivity contribution is -0.116. The second kappa shape index (κ2) is 6.82. The van der Waals surface area contributed by atoms with Gasteiger partial charge in [-0.05, 0) is 18.6 Å². The molecule has 2 aromatic rings. The molecule has 8 nitrogen and oxygen atoms in total. The zero-order valence-electron chi connectivity index (χ0n) is 12.8. The molecular formula is C15H18N4O4. The Balaban J connectivity index is 2.04. The first-order chi connectivity index (χ1) is 10.9. The average molecular weight is 318 g/mol. The molecule has 0 saturated heterocycles. The Morgan fingerprint density at radius 2 is 1.96 bits per heavy atom. The second-order valence-corrected chi connectivity index (χ2v) is 5.08. The molecule has 0 atom stereocenters. The summed E-state index contributed by atoms with van der Waals surface area (Å²) in [5.74, 6) is -1.62. The molecule has 4 N–H and O–H groups in total. The molecule has 2 rings (SSSR count). The Hall–Kier alpha value is -3.03. The number of hydrogen-bond acceptors (Lipinski definition) is 3. The van der Waals surface area contributed by atoms with Gasteiger partial charge in [0.15, 0.2) is 0 Å². The van der Waals surface area contributed by atoms with E-state index in [1.807, 2.05) is 6.92 Å². The minimum Gasteiger partial charge on any atom is -0.477 e. The molecule has 0 fully saturated rings. The Labute approximate surface area is 132 Å². The summed E-state index contributed by atoms with van der Waals surface area (Å²) in [4.78, 5) is 37.4. The molecule has 0 radical (unpaired) electrons. The first kappa shape index (κ1) is 16.3. The van der Waals surface area contributed by atoms with E-state index in [0.29, 0.717) is 17.8 Å². The molecular weight excluding hydrogens is 300 g/mol. The number of carbonyl (C=O) groups is 3. The lowest BCUT2D eigenvalue weighted by atomic mass is 10.3. The standard InChI is InChI=1S/C15H18N4O4/c1-3-4-13(20)17-9-5-11(16-7-9)14(21)18-10-6-12(15(22)23)19(2)8-10/h5-8,16H,3-4H2,1-2H3,(H,17,20)(H,18,21)(H,22,23). The largest absolute Gasteiger partial charge is 0.477 e. The number of anilines is 2. The van der Waals surface area contributed by atoms with Crippen LogP contribution in [-0.4, -0.2) is 32.4 Å². The van der Waals surface area contributed by atoms with E-state index in [4.69, 9.17) is 5.11 Å². The van der Waals surface area contributed by atoms with Crippen molar-refractivity contribution >= 4 is 29.2 Å². The molecule has 0 unspecified atom stereocenters. The number of hydrogen-bond donors (Lipinski definition) is 4. The minimum absolute atomic E-state index is 0.0688. The highest BCUT2D eigenvalue weighted by molar-refractivity contribution is 6.04. The van der Waals surface area contributed by atoms with E-state index in [9.17, 15) is 14.4 Å². The van der Waals surface area contributed by atoms with Crippen LogP contribution in [0.15, 0.2) is 24.5 Å². The summed E-state index contributed by atoms with van der Waals surface area (Å²) in [6.45, 7) is 1.90. The van der Waals surface area contributed by atoms with E-state index in [1.54, 1.807) is 7.05 Å². The van der Waals surface area contributed by atoms with Gasteiger partial charge in [0.05, 0.1) is 11.4 Å². The number of nitrogens with one attached hydrogen (secondary N) is 3. The molecule has 0 spiro atoms. The number of aryl methyl sites for hydroxylation is 1. The van der Waals surface area contributed by atoms with Crippen LogP contribution in [0.3, 0.4) is 0 Å². The molecule has 0 aliphatic heterocycles. The van der Waals surface area contributed by atoms with Crippen molar-refractivity contribution in [2.45, 2.75) is 19.8 Å².